The summed E-state index contributed by atoms with van der Waals surface area (Å²) in [5, 5.41) is 31.7. The van der Waals surface area contributed by atoms with Gasteiger partial charge in [0, 0.05) is 0 Å². The fourth-order valence-electron chi connectivity index (χ4n) is 0.395. The Kier molecular flexibility index (Phi) is 14.8. The summed E-state index contributed by atoms with van der Waals surface area (Å²) in [7, 11) is 0. The lowest BCUT2D eigenvalue weighted by Crippen LogP contribution is -2.22. The summed E-state index contributed by atoms with van der Waals surface area (Å²) in [4.78, 5) is 21.0. The maximum Gasteiger partial charge on any atom is 0.417 e. The Balaban J connectivity index is 0. The first-order chi connectivity index (χ1) is 7.63. The van der Waals surface area contributed by atoms with Gasteiger partial charge in [-0.25, -0.2) is 9.59 Å². The molecule has 96 valence electrons. The Morgan fingerprint density at radius 2 is 1.00 bits per heavy atom. The molecule has 0 aliphatic rings. The molecule has 0 atom stereocenters. The highest BCUT2D eigenvalue weighted by atomic mass is 16.6. The first kappa shape index (κ1) is 17.2. The van der Waals surface area contributed by atoms with Gasteiger partial charge in [-0.3, -0.25) is 0 Å². The predicted molar refractivity (Wildman–Crippen MR) is 50.3 cm³/mol. The molecule has 16 heavy (non-hydrogen) atoms. The van der Waals surface area contributed by atoms with E-state index in [0.717, 1.165) is 0 Å². The molecule has 0 amide bonds. The molecule has 0 unspecified atom stereocenters. The van der Waals surface area contributed by atoms with Crippen molar-refractivity contribution in [3.05, 3.63) is 0 Å². The molecule has 0 saturated carbocycles. The van der Waals surface area contributed by atoms with Gasteiger partial charge in [-0.15, -0.1) is 0 Å². The molecule has 0 heterocycles. The monoisotopic (exact) mass is 240 g/mol. The number of hydrogen-bond donors (Lipinski definition) is 4. The predicted octanol–water partition coefficient (Wildman–Crippen LogP) is -2.97. The van der Waals surface area contributed by atoms with Crippen LogP contribution >= 0.6 is 0 Å². The summed E-state index contributed by atoms with van der Waals surface area (Å²) in [6, 6.07) is 0. The molecule has 0 aliphatic carbocycles. The summed E-state index contributed by atoms with van der Waals surface area (Å²) in [6.07, 6.45) is 0. The van der Waals surface area contributed by atoms with Crippen LogP contribution < -0.4 is 0 Å². The van der Waals surface area contributed by atoms with E-state index in [1.54, 1.807) is 0 Å². The maximum atomic E-state index is 10.5. The zero-order valence-corrected chi connectivity index (χ0v) is 8.66. The molecule has 4 N–H and O–H groups in total. The van der Waals surface area contributed by atoms with Crippen LogP contribution in [0.1, 0.15) is 0 Å². The van der Waals surface area contributed by atoms with Crippen molar-refractivity contribution in [1.82, 2.24) is 0 Å². The van der Waals surface area contributed by atoms with Crippen LogP contribution in [-0.2, 0) is 19.1 Å². The highest BCUT2D eigenvalue weighted by Gasteiger charge is 2.15. The van der Waals surface area contributed by atoms with Crippen molar-refractivity contribution in [2.24, 2.45) is 0 Å². The van der Waals surface area contributed by atoms with Crippen molar-refractivity contribution >= 4 is 11.9 Å². The van der Waals surface area contributed by atoms with E-state index < -0.39 is 11.9 Å². The quantitative estimate of drug-likeness (QED) is 0.295. The molecule has 0 bridgehead atoms. The molecule has 8 nitrogen and oxygen atoms in total. The first-order valence-electron chi connectivity index (χ1n) is 4.41. The second-order valence-electron chi connectivity index (χ2n) is 2.17. The number of aliphatic hydroxyl groups excluding tert-OH is 4. The SMILES string of the molecule is O=C(OCCO)C(=O)OCCO.OCCO. The highest BCUT2D eigenvalue weighted by molar-refractivity contribution is 6.29. The molecule has 0 aromatic carbocycles. The summed E-state index contributed by atoms with van der Waals surface area (Å²) < 4.78 is 8.41. The average Bonchev–Trinajstić information content (AvgIpc) is 2.33. The third kappa shape index (κ3) is 12.8. The summed E-state index contributed by atoms with van der Waals surface area (Å²) in [6.45, 7) is -1.43. The standard InChI is InChI=1S/C6H10O6.C2H6O2/c7-1-3-11-5(9)6(10)12-4-2-8;3-1-2-4/h7-8H,1-4H2;3-4H,1-2H2. The lowest BCUT2D eigenvalue weighted by atomic mass is 10.6. The molecular formula is C8H16O8. The van der Waals surface area contributed by atoms with Crippen molar-refractivity contribution in [3.8, 4) is 0 Å². The van der Waals surface area contributed by atoms with Crippen LogP contribution in [0.2, 0.25) is 0 Å². The molecule has 0 rings (SSSR count). The number of esters is 2. The second kappa shape index (κ2) is 13.8. The minimum Gasteiger partial charge on any atom is -0.455 e. The van der Waals surface area contributed by atoms with Crippen molar-refractivity contribution < 1.29 is 39.5 Å². The Morgan fingerprint density at radius 3 is 1.19 bits per heavy atom. The van der Waals surface area contributed by atoms with Gasteiger partial charge in [-0.2, -0.15) is 0 Å². The topological polar surface area (TPSA) is 134 Å². The van der Waals surface area contributed by atoms with Crippen LogP contribution in [0.3, 0.4) is 0 Å². The molecule has 0 spiro atoms. The fraction of sp³-hybridized carbons (Fsp3) is 0.750. The molecule has 8 heteroatoms. The van der Waals surface area contributed by atoms with E-state index in [-0.39, 0.29) is 39.6 Å². The lowest BCUT2D eigenvalue weighted by molar-refractivity contribution is -0.168. The first-order valence-corrected chi connectivity index (χ1v) is 4.41. The van der Waals surface area contributed by atoms with Crippen LogP contribution in [0.15, 0.2) is 0 Å². The van der Waals surface area contributed by atoms with Crippen molar-refractivity contribution in [2.75, 3.05) is 39.6 Å². The van der Waals surface area contributed by atoms with E-state index in [4.69, 9.17) is 20.4 Å². The zero-order valence-electron chi connectivity index (χ0n) is 8.66. The third-order valence-corrected chi connectivity index (χ3v) is 0.916. The molecule has 0 fully saturated rings. The molecule has 0 aliphatic heterocycles. The van der Waals surface area contributed by atoms with Crippen molar-refractivity contribution in [3.63, 3.8) is 0 Å². The Hall–Kier alpha value is -1.22. The average molecular weight is 240 g/mol. The minimum atomic E-state index is -1.17. The van der Waals surface area contributed by atoms with Crippen LogP contribution in [0.25, 0.3) is 0 Å². The van der Waals surface area contributed by atoms with Gasteiger partial charge in [0.05, 0.1) is 26.4 Å². The number of rotatable bonds is 5. The highest BCUT2D eigenvalue weighted by Crippen LogP contribution is 1.83. The van der Waals surface area contributed by atoms with Gasteiger partial charge in [-0.1, -0.05) is 0 Å². The van der Waals surface area contributed by atoms with E-state index in [1.807, 2.05) is 0 Å². The number of ether oxygens (including phenoxy) is 2. The second-order valence-corrected chi connectivity index (χ2v) is 2.17. The lowest BCUT2D eigenvalue weighted by Gasteiger charge is -2.01. The van der Waals surface area contributed by atoms with E-state index in [2.05, 4.69) is 9.47 Å². The van der Waals surface area contributed by atoms with E-state index in [9.17, 15) is 9.59 Å². The van der Waals surface area contributed by atoms with Gasteiger partial charge in [0.25, 0.3) is 0 Å². The largest absolute Gasteiger partial charge is 0.455 e. The minimum absolute atomic E-state index is 0.125. The summed E-state index contributed by atoms with van der Waals surface area (Å²) in [5.74, 6) is -2.34. The molecule has 0 radical (unpaired) electrons. The number of aliphatic hydroxyl groups is 4. The van der Waals surface area contributed by atoms with Gasteiger partial charge < -0.3 is 29.9 Å². The van der Waals surface area contributed by atoms with Crippen LogP contribution in [0.5, 0.6) is 0 Å². The van der Waals surface area contributed by atoms with Gasteiger partial charge in [-0.05, 0) is 0 Å². The van der Waals surface area contributed by atoms with Crippen LogP contribution in [0, 0.1) is 0 Å². The number of hydrogen-bond acceptors (Lipinski definition) is 8. The normalized spacial score (nSPS) is 8.75. The Bertz CT molecular complexity index is 161. The fourth-order valence-corrected chi connectivity index (χ4v) is 0.395. The van der Waals surface area contributed by atoms with E-state index >= 15 is 0 Å². The van der Waals surface area contributed by atoms with Gasteiger partial charge in [0.2, 0.25) is 0 Å². The van der Waals surface area contributed by atoms with Crippen molar-refractivity contribution in [1.29, 1.82) is 0 Å². The summed E-state index contributed by atoms with van der Waals surface area (Å²) in [5.41, 5.74) is 0. The van der Waals surface area contributed by atoms with Crippen LogP contribution in [-0.4, -0.2) is 72.0 Å². The van der Waals surface area contributed by atoms with Gasteiger partial charge in [0.15, 0.2) is 0 Å². The van der Waals surface area contributed by atoms with Gasteiger partial charge >= 0.3 is 11.9 Å². The summed E-state index contributed by atoms with van der Waals surface area (Å²) >= 11 is 0. The van der Waals surface area contributed by atoms with Gasteiger partial charge in [0.1, 0.15) is 13.2 Å². The van der Waals surface area contributed by atoms with E-state index in [1.165, 1.54) is 0 Å². The molecule has 0 saturated heterocycles. The van der Waals surface area contributed by atoms with E-state index in [0.29, 0.717) is 0 Å². The zero-order chi connectivity index (χ0) is 12.8. The molecule has 0 aromatic rings. The van der Waals surface area contributed by atoms with Crippen molar-refractivity contribution in [2.45, 2.75) is 0 Å². The smallest absolute Gasteiger partial charge is 0.417 e. The number of carbonyl (C=O) groups is 2. The molecule has 0 aromatic heterocycles. The Morgan fingerprint density at radius 1 is 0.688 bits per heavy atom. The molecular weight excluding hydrogens is 224 g/mol. The Labute approximate surface area is 92.0 Å². The third-order valence-electron chi connectivity index (χ3n) is 0.916. The van der Waals surface area contributed by atoms with Crippen LogP contribution in [0.4, 0.5) is 0 Å². The number of carbonyl (C=O) groups excluding carboxylic acids is 2. The maximum absolute atomic E-state index is 10.5.